The first-order valence-electron chi connectivity index (χ1n) is 6.97. The molecule has 0 aromatic heterocycles. The maximum atomic E-state index is 13.9. The molecular weight excluding hydrogens is 295 g/mol. The van der Waals surface area contributed by atoms with Crippen molar-refractivity contribution in [2.45, 2.75) is 38.3 Å². The van der Waals surface area contributed by atoms with Gasteiger partial charge >= 0.3 is 0 Å². The number of halogens is 1. The van der Waals surface area contributed by atoms with E-state index in [-0.39, 0.29) is 24.2 Å². The first kappa shape index (κ1) is 18.0. The van der Waals surface area contributed by atoms with E-state index < -0.39 is 15.8 Å². The van der Waals surface area contributed by atoms with Crippen molar-refractivity contribution in [3.05, 3.63) is 29.6 Å². The van der Waals surface area contributed by atoms with E-state index in [0.29, 0.717) is 12.1 Å². The molecule has 1 aromatic rings. The molecule has 0 aliphatic heterocycles. The second-order valence-corrected chi connectivity index (χ2v) is 6.60. The van der Waals surface area contributed by atoms with Crippen LogP contribution >= 0.6 is 0 Å². The van der Waals surface area contributed by atoms with Gasteiger partial charge in [-0.1, -0.05) is 13.0 Å². The SMILES string of the molecule is CCNCc1ccc(S(=O)(=O)NCCOC(C)C)c(F)c1. The monoisotopic (exact) mass is 318 g/mol. The molecule has 1 rings (SSSR count). The number of rotatable bonds is 9. The number of ether oxygens (including phenoxy) is 1. The standard InChI is InChI=1S/C14H23FN2O3S/c1-4-16-10-12-5-6-14(13(15)9-12)21(18,19)17-7-8-20-11(2)3/h5-6,9,11,16-17H,4,7-8,10H2,1-3H3. The highest BCUT2D eigenvalue weighted by Crippen LogP contribution is 2.15. The van der Waals surface area contributed by atoms with Crippen LogP contribution in [0.25, 0.3) is 0 Å². The zero-order valence-electron chi connectivity index (χ0n) is 12.6. The fourth-order valence-electron chi connectivity index (χ4n) is 1.69. The highest BCUT2D eigenvalue weighted by Gasteiger charge is 2.18. The first-order valence-corrected chi connectivity index (χ1v) is 8.45. The molecule has 0 aliphatic carbocycles. The van der Waals surface area contributed by atoms with Gasteiger partial charge in [0.15, 0.2) is 0 Å². The topological polar surface area (TPSA) is 67.4 Å². The predicted molar refractivity (Wildman–Crippen MR) is 80.1 cm³/mol. The van der Waals surface area contributed by atoms with E-state index in [0.717, 1.165) is 6.54 Å². The number of nitrogens with one attached hydrogen (secondary N) is 2. The van der Waals surface area contributed by atoms with Gasteiger partial charge < -0.3 is 10.1 Å². The Bertz CT molecular complexity index is 547. The molecule has 0 unspecified atom stereocenters. The minimum absolute atomic E-state index is 0.0246. The summed E-state index contributed by atoms with van der Waals surface area (Å²) in [4.78, 5) is -0.340. The molecule has 120 valence electrons. The second kappa shape index (κ2) is 8.43. The molecule has 1 aromatic carbocycles. The molecule has 0 amide bonds. The Morgan fingerprint density at radius 2 is 2.05 bits per heavy atom. The molecule has 7 heteroatoms. The molecule has 0 radical (unpaired) electrons. The van der Waals surface area contributed by atoms with Gasteiger partial charge in [0.25, 0.3) is 0 Å². The van der Waals surface area contributed by atoms with Gasteiger partial charge in [-0.15, -0.1) is 0 Å². The van der Waals surface area contributed by atoms with Gasteiger partial charge in [0, 0.05) is 13.1 Å². The Balaban J connectivity index is 2.70. The third kappa shape index (κ3) is 6.09. The number of hydrogen-bond donors (Lipinski definition) is 2. The quantitative estimate of drug-likeness (QED) is 0.679. The summed E-state index contributed by atoms with van der Waals surface area (Å²) in [5, 5.41) is 3.05. The van der Waals surface area contributed by atoms with Crippen molar-refractivity contribution in [3.63, 3.8) is 0 Å². The predicted octanol–water partition coefficient (Wildman–Crippen LogP) is 1.64. The lowest BCUT2D eigenvalue weighted by molar-refractivity contribution is 0.0834. The van der Waals surface area contributed by atoms with Gasteiger partial charge in [-0.25, -0.2) is 17.5 Å². The van der Waals surface area contributed by atoms with E-state index in [1.807, 2.05) is 20.8 Å². The van der Waals surface area contributed by atoms with Crippen LogP contribution in [-0.4, -0.2) is 34.2 Å². The lowest BCUT2D eigenvalue weighted by atomic mass is 10.2. The Hall–Kier alpha value is -1.02. The van der Waals surface area contributed by atoms with Crippen LogP contribution in [0, 0.1) is 5.82 Å². The summed E-state index contributed by atoms with van der Waals surface area (Å²) in [5.74, 6) is -0.748. The van der Waals surface area contributed by atoms with Crippen molar-refractivity contribution in [2.75, 3.05) is 19.7 Å². The molecule has 5 nitrogen and oxygen atoms in total. The van der Waals surface area contributed by atoms with Gasteiger partial charge in [-0.3, -0.25) is 0 Å². The molecule has 0 fully saturated rings. The van der Waals surface area contributed by atoms with Crippen LogP contribution in [0.2, 0.25) is 0 Å². The van der Waals surface area contributed by atoms with Crippen molar-refractivity contribution in [1.29, 1.82) is 0 Å². The molecule has 0 spiro atoms. The molecule has 0 heterocycles. The number of hydrogen-bond acceptors (Lipinski definition) is 4. The van der Waals surface area contributed by atoms with Crippen LogP contribution in [0.4, 0.5) is 4.39 Å². The van der Waals surface area contributed by atoms with Gasteiger partial charge in [0.05, 0.1) is 12.7 Å². The summed E-state index contributed by atoms with van der Waals surface area (Å²) < 4.78 is 45.5. The number of benzene rings is 1. The van der Waals surface area contributed by atoms with Crippen molar-refractivity contribution < 1.29 is 17.5 Å². The van der Waals surface area contributed by atoms with Crippen LogP contribution in [0.1, 0.15) is 26.3 Å². The fourth-order valence-corrected chi connectivity index (χ4v) is 2.76. The van der Waals surface area contributed by atoms with Crippen molar-refractivity contribution in [1.82, 2.24) is 10.0 Å². The Morgan fingerprint density at radius 3 is 2.62 bits per heavy atom. The van der Waals surface area contributed by atoms with Gasteiger partial charge in [0.1, 0.15) is 10.7 Å². The number of sulfonamides is 1. The second-order valence-electron chi connectivity index (χ2n) is 4.86. The Morgan fingerprint density at radius 1 is 1.33 bits per heavy atom. The van der Waals surface area contributed by atoms with Gasteiger partial charge in [-0.05, 0) is 38.1 Å². The summed E-state index contributed by atoms with van der Waals surface area (Å²) in [6, 6.07) is 4.13. The van der Waals surface area contributed by atoms with E-state index in [9.17, 15) is 12.8 Å². The molecule has 0 bridgehead atoms. The molecule has 0 aliphatic rings. The summed E-state index contributed by atoms with van der Waals surface area (Å²) in [7, 11) is -3.85. The van der Waals surface area contributed by atoms with Crippen LogP contribution in [-0.2, 0) is 21.3 Å². The van der Waals surface area contributed by atoms with E-state index in [4.69, 9.17) is 4.74 Å². The average Bonchev–Trinajstić information content (AvgIpc) is 2.41. The largest absolute Gasteiger partial charge is 0.377 e. The molecule has 2 N–H and O–H groups in total. The molecule has 0 saturated heterocycles. The third-order valence-corrected chi connectivity index (χ3v) is 4.20. The lowest BCUT2D eigenvalue weighted by Gasteiger charge is -2.11. The summed E-state index contributed by atoms with van der Waals surface area (Å²) in [6.45, 7) is 7.28. The zero-order chi connectivity index (χ0) is 15.9. The zero-order valence-corrected chi connectivity index (χ0v) is 13.5. The maximum absolute atomic E-state index is 13.9. The summed E-state index contributed by atoms with van der Waals surface area (Å²) in [5.41, 5.74) is 0.705. The van der Waals surface area contributed by atoms with Crippen LogP contribution in [0.5, 0.6) is 0 Å². The summed E-state index contributed by atoms with van der Waals surface area (Å²) in [6.07, 6.45) is 0.0246. The highest BCUT2D eigenvalue weighted by molar-refractivity contribution is 7.89. The Labute approximate surface area is 125 Å². The van der Waals surface area contributed by atoms with E-state index in [2.05, 4.69) is 10.0 Å². The van der Waals surface area contributed by atoms with E-state index in [1.165, 1.54) is 12.1 Å². The first-order chi connectivity index (χ1) is 9.86. The lowest BCUT2D eigenvalue weighted by Crippen LogP contribution is -2.29. The van der Waals surface area contributed by atoms with Crippen molar-refractivity contribution in [2.24, 2.45) is 0 Å². The maximum Gasteiger partial charge on any atom is 0.243 e. The fraction of sp³-hybridized carbons (Fsp3) is 0.571. The highest BCUT2D eigenvalue weighted by atomic mass is 32.2. The smallest absolute Gasteiger partial charge is 0.243 e. The van der Waals surface area contributed by atoms with E-state index >= 15 is 0 Å². The van der Waals surface area contributed by atoms with E-state index in [1.54, 1.807) is 6.07 Å². The van der Waals surface area contributed by atoms with Crippen LogP contribution in [0.3, 0.4) is 0 Å². The Kier molecular flexibility index (Phi) is 7.24. The average molecular weight is 318 g/mol. The third-order valence-electron chi connectivity index (χ3n) is 2.71. The van der Waals surface area contributed by atoms with Crippen LogP contribution < -0.4 is 10.0 Å². The van der Waals surface area contributed by atoms with Crippen LogP contribution in [0.15, 0.2) is 23.1 Å². The van der Waals surface area contributed by atoms with Gasteiger partial charge in [0.2, 0.25) is 10.0 Å². The molecule has 0 atom stereocenters. The normalized spacial score (nSPS) is 12.0. The summed E-state index contributed by atoms with van der Waals surface area (Å²) >= 11 is 0. The molecular formula is C14H23FN2O3S. The van der Waals surface area contributed by atoms with Crippen molar-refractivity contribution in [3.8, 4) is 0 Å². The minimum Gasteiger partial charge on any atom is -0.377 e. The van der Waals surface area contributed by atoms with Crippen molar-refractivity contribution >= 4 is 10.0 Å². The molecule has 0 saturated carbocycles. The minimum atomic E-state index is -3.85. The molecule has 21 heavy (non-hydrogen) atoms. The van der Waals surface area contributed by atoms with Gasteiger partial charge in [-0.2, -0.15) is 0 Å².